The van der Waals surface area contributed by atoms with Crippen molar-refractivity contribution in [3.05, 3.63) is 64.7 Å². The molecule has 2 aromatic rings. The van der Waals surface area contributed by atoms with Gasteiger partial charge < -0.3 is 10.6 Å². The van der Waals surface area contributed by atoms with Crippen molar-refractivity contribution < 1.29 is 4.79 Å². The molecule has 1 fully saturated rings. The topological polar surface area (TPSA) is 46.3 Å². The molecule has 4 heteroatoms. The van der Waals surface area contributed by atoms with Crippen LogP contribution in [0.5, 0.6) is 0 Å². The Balaban J connectivity index is 1.60. The Morgan fingerprint density at radius 1 is 1.04 bits per heavy atom. The Labute approximate surface area is 148 Å². The lowest BCUT2D eigenvalue weighted by atomic mass is 10.1. The van der Waals surface area contributed by atoms with Crippen molar-refractivity contribution in [1.29, 1.82) is 0 Å². The van der Waals surface area contributed by atoms with Crippen LogP contribution in [-0.2, 0) is 17.6 Å². The lowest BCUT2D eigenvalue weighted by Gasteiger charge is -2.23. The van der Waals surface area contributed by atoms with Crippen LogP contribution >= 0.6 is 11.6 Å². The molecule has 0 saturated heterocycles. The van der Waals surface area contributed by atoms with Crippen LogP contribution in [0.25, 0.3) is 0 Å². The second-order valence-electron chi connectivity index (χ2n) is 6.58. The van der Waals surface area contributed by atoms with Crippen LogP contribution in [-0.4, -0.2) is 23.9 Å². The molecule has 0 aromatic heterocycles. The van der Waals surface area contributed by atoms with Gasteiger partial charge in [0.2, 0.25) is 5.91 Å². The standard InChI is InChI=1S/C20H23ClN2O/c21-18-7-3-15(4-8-18)11-12-23(14-17-1-2-17)20(24)13-16-5-9-19(22)10-6-16/h3-10,17H,1-2,11-14,22H2. The van der Waals surface area contributed by atoms with E-state index in [4.69, 9.17) is 17.3 Å². The Morgan fingerprint density at radius 2 is 1.67 bits per heavy atom. The number of nitrogens with two attached hydrogens (primary N) is 1. The molecule has 0 heterocycles. The molecule has 1 aliphatic rings. The van der Waals surface area contributed by atoms with E-state index in [2.05, 4.69) is 0 Å². The molecule has 2 N–H and O–H groups in total. The van der Waals surface area contributed by atoms with Gasteiger partial charge in [-0.3, -0.25) is 4.79 Å². The van der Waals surface area contributed by atoms with Crippen molar-refractivity contribution in [3.8, 4) is 0 Å². The summed E-state index contributed by atoms with van der Waals surface area (Å²) in [5.41, 5.74) is 8.66. The monoisotopic (exact) mass is 342 g/mol. The third kappa shape index (κ3) is 5.00. The molecular formula is C20H23ClN2O. The number of hydrogen-bond donors (Lipinski definition) is 1. The predicted octanol–water partition coefficient (Wildman–Crippen LogP) is 3.95. The van der Waals surface area contributed by atoms with Gasteiger partial charge in [-0.25, -0.2) is 0 Å². The van der Waals surface area contributed by atoms with E-state index in [1.54, 1.807) is 0 Å². The average Bonchev–Trinajstić information content (AvgIpc) is 3.39. The minimum Gasteiger partial charge on any atom is -0.399 e. The molecule has 0 spiro atoms. The maximum atomic E-state index is 12.7. The summed E-state index contributed by atoms with van der Waals surface area (Å²) in [6.07, 6.45) is 3.78. The highest BCUT2D eigenvalue weighted by Crippen LogP contribution is 2.30. The first kappa shape index (κ1) is 16.8. The lowest BCUT2D eigenvalue weighted by Crippen LogP contribution is -2.35. The largest absolute Gasteiger partial charge is 0.399 e. The van der Waals surface area contributed by atoms with Crippen LogP contribution in [0.4, 0.5) is 5.69 Å². The minimum absolute atomic E-state index is 0.195. The van der Waals surface area contributed by atoms with E-state index in [-0.39, 0.29) is 5.91 Å². The second-order valence-corrected chi connectivity index (χ2v) is 7.01. The first-order chi connectivity index (χ1) is 11.6. The maximum absolute atomic E-state index is 12.7. The van der Waals surface area contributed by atoms with Gasteiger partial charge in [-0.05, 0) is 60.6 Å². The average molecular weight is 343 g/mol. The molecule has 0 unspecified atom stereocenters. The highest BCUT2D eigenvalue weighted by molar-refractivity contribution is 6.30. The lowest BCUT2D eigenvalue weighted by molar-refractivity contribution is -0.130. The van der Waals surface area contributed by atoms with E-state index in [1.165, 1.54) is 18.4 Å². The van der Waals surface area contributed by atoms with Crippen molar-refractivity contribution in [2.75, 3.05) is 18.8 Å². The SMILES string of the molecule is Nc1ccc(CC(=O)N(CCc2ccc(Cl)cc2)CC2CC2)cc1. The van der Waals surface area contributed by atoms with Gasteiger partial charge in [0, 0.05) is 23.8 Å². The zero-order chi connectivity index (χ0) is 16.9. The van der Waals surface area contributed by atoms with Gasteiger partial charge >= 0.3 is 0 Å². The number of rotatable bonds is 7. The smallest absolute Gasteiger partial charge is 0.227 e. The van der Waals surface area contributed by atoms with Gasteiger partial charge in [-0.15, -0.1) is 0 Å². The zero-order valence-corrected chi connectivity index (χ0v) is 14.5. The van der Waals surface area contributed by atoms with Crippen molar-refractivity contribution in [3.63, 3.8) is 0 Å². The van der Waals surface area contributed by atoms with E-state index < -0.39 is 0 Å². The van der Waals surface area contributed by atoms with Gasteiger partial charge in [-0.2, -0.15) is 0 Å². The van der Waals surface area contributed by atoms with Gasteiger partial charge in [0.05, 0.1) is 6.42 Å². The summed E-state index contributed by atoms with van der Waals surface area (Å²) in [6.45, 7) is 1.63. The van der Waals surface area contributed by atoms with Crippen molar-refractivity contribution in [1.82, 2.24) is 4.90 Å². The fraction of sp³-hybridized carbons (Fsp3) is 0.350. The Bertz CT molecular complexity index is 678. The first-order valence-electron chi connectivity index (χ1n) is 8.47. The summed E-state index contributed by atoms with van der Waals surface area (Å²) in [5, 5.41) is 0.744. The second kappa shape index (κ2) is 7.71. The van der Waals surface area contributed by atoms with Gasteiger partial charge in [0.15, 0.2) is 0 Å². The fourth-order valence-electron chi connectivity index (χ4n) is 2.77. The van der Waals surface area contributed by atoms with E-state index in [0.717, 1.165) is 35.8 Å². The molecule has 1 amide bonds. The number of nitrogen functional groups attached to an aromatic ring is 1. The Morgan fingerprint density at radius 3 is 2.29 bits per heavy atom. The van der Waals surface area contributed by atoms with E-state index in [1.807, 2.05) is 53.4 Å². The molecule has 1 saturated carbocycles. The fourth-order valence-corrected chi connectivity index (χ4v) is 2.89. The zero-order valence-electron chi connectivity index (χ0n) is 13.7. The molecule has 0 radical (unpaired) electrons. The number of anilines is 1. The normalized spacial score (nSPS) is 13.7. The van der Waals surface area contributed by atoms with E-state index in [9.17, 15) is 4.79 Å². The van der Waals surface area contributed by atoms with Crippen molar-refractivity contribution in [2.24, 2.45) is 5.92 Å². The molecule has 3 rings (SSSR count). The highest BCUT2D eigenvalue weighted by atomic mass is 35.5. The Hall–Kier alpha value is -2.00. The molecule has 0 aliphatic heterocycles. The van der Waals surface area contributed by atoms with Gasteiger partial charge in [0.25, 0.3) is 0 Å². The summed E-state index contributed by atoms with van der Waals surface area (Å²) in [7, 11) is 0. The molecular weight excluding hydrogens is 320 g/mol. The maximum Gasteiger partial charge on any atom is 0.227 e. The Kier molecular flexibility index (Phi) is 5.41. The van der Waals surface area contributed by atoms with Crippen molar-refractivity contribution >= 4 is 23.2 Å². The summed E-state index contributed by atoms with van der Waals surface area (Å²) < 4.78 is 0. The molecule has 1 aliphatic carbocycles. The van der Waals surface area contributed by atoms with Crippen LogP contribution in [0.3, 0.4) is 0 Å². The van der Waals surface area contributed by atoms with E-state index in [0.29, 0.717) is 12.3 Å². The number of hydrogen-bond acceptors (Lipinski definition) is 2. The minimum atomic E-state index is 0.195. The summed E-state index contributed by atoms with van der Waals surface area (Å²) in [4.78, 5) is 14.7. The number of halogens is 1. The molecule has 3 nitrogen and oxygen atoms in total. The molecule has 0 bridgehead atoms. The van der Waals surface area contributed by atoms with Gasteiger partial charge in [0.1, 0.15) is 0 Å². The van der Waals surface area contributed by atoms with Crippen LogP contribution in [0.2, 0.25) is 5.02 Å². The van der Waals surface area contributed by atoms with Gasteiger partial charge in [-0.1, -0.05) is 35.9 Å². The predicted molar refractivity (Wildman–Crippen MR) is 99.0 cm³/mol. The molecule has 0 atom stereocenters. The quantitative estimate of drug-likeness (QED) is 0.774. The number of carbonyl (C=O) groups excluding carboxylic acids is 1. The van der Waals surface area contributed by atoms with E-state index >= 15 is 0 Å². The molecule has 24 heavy (non-hydrogen) atoms. The number of carbonyl (C=O) groups is 1. The van der Waals surface area contributed by atoms with Crippen LogP contribution in [0, 0.1) is 5.92 Å². The number of benzene rings is 2. The summed E-state index contributed by atoms with van der Waals surface area (Å²) >= 11 is 5.93. The van der Waals surface area contributed by atoms with Crippen molar-refractivity contribution in [2.45, 2.75) is 25.7 Å². The highest BCUT2D eigenvalue weighted by Gasteiger charge is 2.26. The number of amides is 1. The van der Waals surface area contributed by atoms with Crippen LogP contribution < -0.4 is 5.73 Å². The van der Waals surface area contributed by atoms with Crippen LogP contribution in [0.15, 0.2) is 48.5 Å². The molecule has 126 valence electrons. The third-order valence-corrected chi connectivity index (χ3v) is 4.70. The third-order valence-electron chi connectivity index (χ3n) is 4.45. The summed E-state index contributed by atoms with van der Waals surface area (Å²) in [5.74, 6) is 0.881. The summed E-state index contributed by atoms with van der Waals surface area (Å²) in [6, 6.07) is 15.4. The first-order valence-corrected chi connectivity index (χ1v) is 8.84. The van der Waals surface area contributed by atoms with Crippen LogP contribution in [0.1, 0.15) is 24.0 Å². The number of nitrogens with zero attached hydrogens (tertiary/aromatic N) is 1. The molecule has 2 aromatic carbocycles.